The standard InChI is InChI=1S/C19H26F2N2O2/c20-16-3-1-2-14(18(16)21)12-19(13-22-15-4-5-15)7-10-23(11-8-19)9-6-17(24)25/h1-3,15,22H,4-13H2,(H,24,25). The van der Waals surface area contributed by atoms with Crippen LogP contribution in [0.4, 0.5) is 8.78 Å². The third kappa shape index (κ3) is 4.98. The minimum atomic E-state index is -0.790. The highest BCUT2D eigenvalue weighted by Crippen LogP contribution is 2.36. The molecule has 1 aliphatic heterocycles. The Morgan fingerprint density at radius 2 is 2.00 bits per heavy atom. The summed E-state index contributed by atoms with van der Waals surface area (Å²) >= 11 is 0. The van der Waals surface area contributed by atoms with Crippen molar-refractivity contribution >= 4 is 5.97 Å². The molecule has 2 N–H and O–H groups in total. The van der Waals surface area contributed by atoms with E-state index < -0.39 is 17.6 Å². The van der Waals surface area contributed by atoms with Gasteiger partial charge in [-0.1, -0.05) is 12.1 Å². The van der Waals surface area contributed by atoms with Crippen LogP contribution >= 0.6 is 0 Å². The molecule has 6 heteroatoms. The first-order chi connectivity index (χ1) is 12.0. The molecule has 1 aromatic carbocycles. The summed E-state index contributed by atoms with van der Waals surface area (Å²) in [6.45, 7) is 2.96. The van der Waals surface area contributed by atoms with E-state index in [1.807, 2.05) is 0 Å². The van der Waals surface area contributed by atoms with Crippen LogP contribution < -0.4 is 5.32 Å². The van der Waals surface area contributed by atoms with Gasteiger partial charge in [-0.15, -0.1) is 0 Å². The van der Waals surface area contributed by atoms with E-state index >= 15 is 0 Å². The largest absolute Gasteiger partial charge is 0.481 e. The summed E-state index contributed by atoms with van der Waals surface area (Å²) < 4.78 is 27.7. The Bertz CT molecular complexity index is 611. The van der Waals surface area contributed by atoms with E-state index in [9.17, 15) is 13.6 Å². The van der Waals surface area contributed by atoms with Crippen molar-refractivity contribution in [2.75, 3.05) is 26.2 Å². The first kappa shape index (κ1) is 18.3. The lowest BCUT2D eigenvalue weighted by atomic mass is 9.73. The summed E-state index contributed by atoms with van der Waals surface area (Å²) in [4.78, 5) is 12.9. The van der Waals surface area contributed by atoms with Gasteiger partial charge < -0.3 is 15.3 Å². The molecule has 3 rings (SSSR count). The van der Waals surface area contributed by atoms with Gasteiger partial charge in [-0.2, -0.15) is 0 Å². The van der Waals surface area contributed by atoms with E-state index in [0.717, 1.165) is 38.5 Å². The van der Waals surface area contributed by atoms with E-state index in [2.05, 4.69) is 10.2 Å². The highest BCUT2D eigenvalue weighted by atomic mass is 19.2. The van der Waals surface area contributed by atoms with Crippen molar-refractivity contribution in [2.24, 2.45) is 5.41 Å². The van der Waals surface area contributed by atoms with E-state index in [4.69, 9.17) is 5.11 Å². The number of rotatable bonds is 8. The predicted molar refractivity (Wildman–Crippen MR) is 91.4 cm³/mol. The Labute approximate surface area is 147 Å². The van der Waals surface area contributed by atoms with E-state index in [1.165, 1.54) is 12.8 Å². The van der Waals surface area contributed by atoms with Crippen LogP contribution in [0.2, 0.25) is 0 Å². The van der Waals surface area contributed by atoms with Crippen LogP contribution in [-0.4, -0.2) is 48.2 Å². The van der Waals surface area contributed by atoms with Crippen LogP contribution in [0.5, 0.6) is 0 Å². The molecule has 1 aromatic rings. The van der Waals surface area contributed by atoms with Crippen molar-refractivity contribution in [1.29, 1.82) is 0 Å². The van der Waals surface area contributed by atoms with Crippen LogP contribution in [0.3, 0.4) is 0 Å². The molecule has 1 aliphatic carbocycles. The number of likely N-dealkylation sites (tertiary alicyclic amines) is 1. The average Bonchev–Trinajstić information content (AvgIpc) is 3.41. The molecule has 2 fully saturated rings. The van der Waals surface area contributed by atoms with E-state index in [0.29, 0.717) is 24.6 Å². The molecule has 138 valence electrons. The molecule has 25 heavy (non-hydrogen) atoms. The summed E-state index contributed by atoms with van der Waals surface area (Å²) in [6.07, 6.45) is 4.77. The lowest BCUT2D eigenvalue weighted by molar-refractivity contribution is -0.137. The maximum atomic E-state index is 14.2. The average molecular weight is 352 g/mol. The fourth-order valence-corrected chi connectivity index (χ4v) is 3.66. The smallest absolute Gasteiger partial charge is 0.304 e. The molecular weight excluding hydrogens is 326 g/mol. The zero-order valence-corrected chi connectivity index (χ0v) is 14.4. The molecule has 0 spiro atoms. The third-order valence-electron chi connectivity index (χ3n) is 5.50. The summed E-state index contributed by atoms with van der Waals surface area (Å²) in [7, 11) is 0. The minimum Gasteiger partial charge on any atom is -0.481 e. The second kappa shape index (κ2) is 7.79. The van der Waals surface area contributed by atoms with Crippen molar-refractivity contribution in [3.63, 3.8) is 0 Å². The Balaban J connectivity index is 1.66. The number of halogens is 2. The molecule has 1 saturated carbocycles. The molecule has 0 aromatic heterocycles. The maximum Gasteiger partial charge on any atom is 0.304 e. The monoisotopic (exact) mass is 352 g/mol. The zero-order chi connectivity index (χ0) is 17.9. The lowest BCUT2D eigenvalue weighted by Gasteiger charge is -2.42. The highest BCUT2D eigenvalue weighted by molar-refractivity contribution is 5.66. The number of nitrogens with one attached hydrogen (secondary N) is 1. The van der Waals surface area contributed by atoms with Crippen LogP contribution in [0.15, 0.2) is 18.2 Å². The van der Waals surface area contributed by atoms with Gasteiger partial charge >= 0.3 is 5.97 Å². The predicted octanol–water partition coefficient (Wildman–Crippen LogP) is 2.82. The zero-order valence-electron chi connectivity index (χ0n) is 14.4. The van der Waals surface area contributed by atoms with Crippen molar-refractivity contribution < 1.29 is 18.7 Å². The number of piperidine rings is 1. The number of carboxylic acids is 1. The van der Waals surface area contributed by atoms with Gasteiger partial charge in [0.05, 0.1) is 6.42 Å². The van der Waals surface area contributed by atoms with Gasteiger partial charge in [0.2, 0.25) is 0 Å². The van der Waals surface area contributed by atoms with Crippen molar-refractivity contribution in [3.05, 3.63) is 35.4 Å². The van der Waals surface area contributed by atoms with Crippen LogP contribution in [0.25, 0.3) is 0 Å². The Hall–Kier alpha value is -1.53. The number of carbonyl (C=O) groups is 1. The SMILES string of the molecule is O=C(O)CCN1CCC(CNC2CC2)(Cc2cccc(F)c2F)CC1. The third-order valence-corrected chi connectivity index (χ3v) is 5.50. The van der Waals surface area contributed by atoms with Gasteiger partial charge in [0.25, 0.3) is 0 Å². The maximum absolute atomic E-state index is 14.2. The Kier molecular flexibility index (Phi) is 5.69. The molecule has 0 atom stereocenters. The minimum absolute atomic E-state index is 0.100. The van der Waals surface area contributed by atoms with Gasteiger partial charge in [0.15, 0.2) is 11.6 Å². The molecule has 0 amide bonds. The second-order valence-electron chi connectivity index (χ2n) is 7.53. The molecule has 4 nitrogen and oxygen atoms in total. The molecule has 0 bridgehead atoms. The normalized spacial score (nSPS) is 20.6. The van der Waals surface area contributed by atoms with Gasteiger partial charge in [-0.3, -0.25) is 4.79 Å². The van der Waals surface area contributed by atoms with E-state index in [1.54, 1.807) is 12.1 Å². The topological polar surface area (TPSA) is 52.6 Å². The van der Waals surface area contributed by atoms with E-state index in [-0.39, 0.29) is 11.8 Å². The number of nitrogens with zero attached hydrogens (tertiary/aromatic N) is 1. The van der Waals surface area contributed by atoms with Crippen LogP contribution in [-0.2, 0) is 11.2 Å². The molecule has 0 radical (unpaired) electrons. The van der Waals surface area contributed by atoms with Crippen molar-refractivity contribution in [1.82, 2.24) is 10.2 Å². The van der Waals surface area contributed by atoms with Crippen molar-refractivity contribution in [2.45, 2.75) is 44.6 Å². The molecule has 2 aliphatic rings. The first-order valence-electron chi connectivity index (χ1n) is 9.08. The number of benzene rings is 1. The van der Waals surface area contributed by atoms with Gasteiger partial charge in [-0.05, 0) is 62.2 Å². The fraction of sp³-hybridized carbons (Fsp3) is 0.632. The Morgan fingerprint density at radius 3 is 2.64 bits per heavy atom. The quantitative estimate of drug-likeness (QED) is 0.755. The lowest BCUT2D eigenvalue weighted by Crippen LogP contribution is -2.47. The number of hydrogen-bond donors (Lipinski definition) is 2. The van der Waals surface area contributed by atoms with Gasteiger partial charge in [-0.25, -0.2) is 8.78 Å². The van der Waals surface area contributed by atoms with Gasteiger partial charge in [0, 0.05) is 19.1 Å². The molecular formula is C19H26F2N2O2. The number of aliphatic carboxylic acids is 1. The fourth-order valence-electron chi connectivity index (χ4n) is 3.66. The second-order valence-corrected chi connectivity index (χ2v) is 7.53. The number of carboxylic acid groups (broad SMARTS) is 1. The van der Waals surface area contributed by atoms with Crippen LogP contribution in [0, 0.1) is 17.0 Å². The Morgan fingerprint density at radius 1 is 1.28 bits per heavy atom. The summed E-state index contributed by atoms with van der Waals surface area (Å²) in [5.41, 5.74) is 0.341. The summed E-state index contributed by atoms with van der Waals surface area (Å²) in [5.74, 6) is -2.31. The number of hydrogen-bond acceptors (Lipinski definition) is 3. The summed E-state index contributed by atoms with van der Waals surface area (Å²) in [5, 5.41) is 12.4. The molecule has 1 heterocycles. The highest BCUT2D eigenvalue weighted by Gasteiger charge is 2.37. The summed E-state index contributed by atoms with van der Waals surface area (Å²) in [6, 6.07) is 4.97. The van der Waals surface area contributed by atoms with Crippen molar-refractivity contribution in [3.8, 4) is 0 Å². The molecule has 0 unspecified atom stereocenters. The molecule has 1 saturated heterocycles. The van der Waals surface area contributed by atoms with Gasteiger partial charge in [0.1, 0.15) is 0 Å². The van der Waals surface area contributed by atoms with Crippen LogP contribution in [0.1, 0.15) is 37.7 Å². The first-order valence-corrected chi connectivity index (χ1v) is 9.08.